The molecule has 0 N–H and O–H groups in total. The smallest absolute Gasteiger partial charge is 0.405 e. The number of rotatable bonds is 4. The Bertz CT molecular complexity index is 526. The number of aromatic nitrogens is 1. The van der Waals surface area contributed by atoms with Gasteiger partial charge in [-0.15, -0.1) is 11.6 Å². The van der Waals surface area contributed by atoms with Crippen molar-refractivity contribution in [2.24, 2.45) is 0 Å². The SMILES string of the molecule is FC(F)(F)CN(CCCl)c1nccc2occc12. The molecule has 0 fully saturated rings. The van der Waals surface area contributed by atoms with Gasteiger partial charge in [0.1, 0.15) is 17.9 Å². The molecule has 2 heterocycles. The van der Waals surface area contributed by atoms with E-state index in [0.29, 0.717) is 11.0 Å². The minimum absolute atomic E-state index is 0.0678. The highest BCUT2D eigenvalue weighted by Crippen LogP contribution is 2.27. The van der Waals surface area contributed by atoms with Crippen LogP contribution in [0.2, 0.25) is 0 Å². The Balaban J connectivity index is 2.38. The minimum atomic E-state index is -4.31. The van der Waals surface area contributed by atoms with Crippen LogP contribution in [0.15, 0.2) is 29.0 Å². The molecule has 0 aliphatic carbocycles. The van der Waals surface area contributed by atoms with Crippen LogP contribution >= 0.6 is 11.6 Å². The molecule has 3 nitrogen and oxygen atoms in total. The summed E-state index contributed by atoms with van der Waals surface area (Å²) >= 11 is 5.54. The molecule has 7 heteroatoms. The highest BCUT2D eigenvalue weighted by atomic mass is 35.5. The van der Waals surface area contributed by atoms with Crippen LogP contribution in [0.3, 0.4) is 0 Å². The molecule has 0 aliphatic rings. The van der Waals surface area contributed by atoms with Gasteiger partial charge >= 0.3 is 6.18 Å². The van der Waals surface area contributed by atoms with Crippen LogP contribution in [0.25, 0.3) is 11.0 Å². The van der Waals surface area contributed by atoms with Crippen LogP contribution in [-0.4, -0.2) is 30.1 Å². The van der Waals surface area contributed by atoms with Crippen LogP contribution in [0.5, 0.6) is 0 Å². The summed E-state index contributed by atoms with van der Waals surface area (Å²) in [5.41, 5.74) is 0.502. The predicted octanol–water partition coefficient (Wildman–Crippen LogP) is 3.44. The largest absolute Gasteiger partial charge is 0.464 e. The maximum Gasteiger partial charge on any atom is 0.405 e. The maximum absolute atomic E-state index is 12.5. The average Bonchev–Trinajstić information content (AvgIpc) is 2.74. The molecule has 0 spiro atoms. The van der Waals surface area contributed by atoms with E-state index in [4.69, 9.17) is 16.0 Å². The zero-order valence-electron chi connectivity index (χ0n) is 9.25. The Labute approximate surface area is 106 Å². The van der Waals surface area contributed by atoms with Crippen LogP contribution in [0.1, 0.15) is 0 Å². The third-order valence-corrected chi connectivity index (χ3v) is 2.55. The lowest BCUT2D eigenvalue weighted by Crippen LogP contribution is -2.36. The standard InChI is InChI=1S/C11H10ClF3N2O/c12-3-5-17(7-11(13,14)15)10-8-2-6-18-9(8)1-4-16-10/h1-2,4,6H,3,5,7H2. The monoisotopic (exact) mass is 278 g/mol. The van der Waals surface area contributed by atoms with E-state index in [1.807, 2.05) is 0 Å². The van der Waals surface area contributed by atoms with E-state index in [1.165, 1.54) is 12.5 Å². The zero-order chi connectivity index (χ0) is 13.2. The number of fused-ring (bicyclic) bond motifs is 1. The summed E-state index contributed by atoms with van der Waals surface area (Å²) in [5, 5.41) is 0.548. The predicted molar refractivity (Wildman–Crippen MR) is 63.0 cm³/mol. The zero-order valence-corrected chi connectivity index (χ0v) is 10.0. The van der Waals surface area contributed by atoms with Gasteiger partial charge in [0, 0.05) is 18.6 Å². The number of alkyl halides is 4. The topological polar surface area (TPSA) is 29.3 Å². The first-order chi connectivity index (χ1) is 8.51. The summed E-state index contributed by atoms with van der Waals surface area (Å²) in [6.07, 6.45) is -1.47. The van der Waals surface area contributed by atoms with E-state index >= 15 is 0 Å². The molecule has 0 saturated heterocycles. The second-order valence-electron chi connectivity index (χ2n) is 3.69. The van der Waals surface area contributed by atoms with Crippen LogP contribution in [-0.2, 0) is 0 Å². The highest BCUT2D eigenvalue weighted by Gasteiger charge is 2.31. The number of furan rings is 1. The van der Waals surface area contributed by atoms with E-state index in [-0.39, 0.29) is 18.2 Å². The molecular weight excluding hydrogens is 269 g/mol. The molecule has 0 amide bonds. The lowest BCUT2D eigenvalue weighted by Gasteiger charge is -2.24. The Morgan fingerprint density at radius 2 is 2.11 bits per heavy atom. The third kappa shape index (κ3) is 2.87. The lowest BCUT2D eigenvalue weighted by molar-refractivity contribution is -0.119. The summed E-state index contributed by atoms with van der Waals surface area (Å²) in [5.74, 6) is 0.325. The summed E-state index contributed by atoms with van der Waals surface area (Å²) in [6.45, 7) is -1.02. The van der Waals surface area contributed by atoms with Crippen molar-refractivity contribution in [1.29, 1.82) is 0 Å². The molecule has 0 saturated carbocycles. The number of hydrogen-bond acceptors (Lipinski definition) is 3. The average molecular weight is 279 g/mol. The Morgan fingerprint density at radius 1 is 1.33 bits per heavy atom. The fourth-order valence-corrected chi connectivity index (χ4v) is 1.91. The van der Waals surface area contributed by atoms with E-state index in [2.05, 4.69) is 4.98 Å². The molecule has 0 aliphatic heterocycles. The van der Waals surface area contributed by atoms with Gasteiger partial charge in [-0.1, -0.05) is 0 Å². The summed E-state index contributed by atoms with van der Waals surface area (Å²) in [4.78, 5) is 5.09. The minimum Gasteiger partial charge on any atom is -0.464 e. The van der Waals surface area contributed by atoms with E-state index < -0.39 is 12.7 Å². The number of pyridine rings is 1. The quantitative estimate of drug-likeness (QED) is 0.803. The number of halogens is 4. The van der Waals surface area contributed by atoms with Crippen molar-refractivity contribution in [3.63, 3.8) is 0 Å². The summed E-state index contributed by atoms with van der Waals surface area (Å²) in [7, 11) is 0. The fraction of sp³-hybridized carbons (Fsp3) is 0.364. The Hall–Kier alpha value is -1.43. The molecule has 0 bridgehead atoms. The van der Waals surface area contributed by atoms with Crippen molar-refractivity contribution in [2.75, 3.05) is 23.9 Å². The van der Waals surface area contributed by atoms with E-state index in [0.717, 1.165) is 4.90 Å². The Morgan fingerprint density at radius 3 is 2.78 bits per heavy atom. The number of hydrogen-bond donors (Lipinski definition) is 0. The third-order valence-electron chi connectivity index (χ3n) is 2.38. The van der Waals surface area contributed by atoms with E-state index in [1.54, 1.807) is 12.1 Å². The second-order valence-corrected chi connectivity index (χ2v) is 4.07. The highest BCUT2D eigenvalue weighted by molar-refractivity contribution is 6.18. The maximum atomic E-state index is 12.5. The fourth-order valence-electron chi connectivity index (χ4n) is 1.71. The van der Waals surface area contributed by atoms with Crippen molar-refractivity contribution in [2.45, 2.75) is 6.18 Å². The van der Waals surface area contributed by atoms with Gasteiger partial charge < -0.3 is 9.32 Å². The molecule has 98 valence electrons. The van der Waals surface area contributed by atoms with Gasteiger partial charge in [-0.2, -0.15) is 13.2 Å². The summed E-state index contributed by atoms with van der Waals surface area (Å²) in [6, 6.07) is 3.20. The van der Waals surface area contributed by atoms with Crippen molar-refractivity contribution < 1.29 is 17.6 Å². The number of anilines is 1. The number of nitrogens with zero attached hydrogens (tertiary/aromatic N) is 2. The van der Waals surface area contributed by atoms with Crippen molar-refractivity contribution >= 4 is 28.4 Å². The van der Waals surface area contributed by atoms with Crippen LogP contribution in [0, 0.1) is 0 Å². The van der Waals surface area contributed by atoms with Gasteiger partial charge in [0.05, 0.1) is 11.6 Å². The van der Waals surface area contributed by atoms with Crippen LogP contribution < -0.4 is 4.90 Å². The molecule has 2 aromatic rings. The molecule has 0 atom stereocenters. The van der Waals surface area contributed by atoms with Gasteiger partial charge in [-0.05, 0) is 12.1 Å². The van der Waals surface area contributed by atoms with Gasteiger partial charge in [-0.25, -0.2) is 4.98 Å². The van der Waals surface area contributed by atoms with Gasteiger partial charge in [0.15, 0.2) is 0 Å². The first kappa shape index (κ1) is 13.0. The molecule has 2 aromatic heterocycles. The molecular formula is C11H10ClF3N2O. The van der Waals surface area contributed by atoms with Gasteiger partial charge in [-0.3, -0.25) is 0 Å². The second kappa shape index (κ2) is 5.06. The van der Waals surface area contributed by atoms with Crippen molar-refractivity contribution in [1.82, 2.24) is 4.98 Å². The van der Waals surface area contributed by atoms with Gasteiger partial charge in [0.25, 0.3) is 0 Å². The first-order valence-corrected chi connectivity index (χ1v) is 5.74. The van der Waals surface area contributed by atoms with Crippen molar-refractivity contribution in [3.05, 3.63) is 24.6 Å². The molecule has 0 unspecified atom stereocenters. The van der Waals surface area contributed by atoms with Gasteiger partial charge in [0.2, 0.25) is 0 Å². The molecule has 18 heavy (non-hydrogen) atoms. The molecule has 0 radical (unpaired) electrons. The Kier molecular flexibility index (Phi) is 3.65. The van der Waals surface area contributed by atoms with Crippen molar-refractivity contribution in [3.8, 4) is 0 Å². The molecule has 0 aromatic carbocycles. The normalized spacial score (nSPS) is 12.0. The van der Waals surface area contributed by atoms with Crippen LogP contribution in [0.4, 0.5) is 19.0 Å². The summed E-state index contributed by atoms with van der Waals surface area (Å²) < 4.78 is 42.7. The lowest BCUT2D eigenvalue weighted by atomic mass is 10.3. The first-order valence-electron chi connectivity index (χ1n) is 5.21. The van der Waals surface area contributed by atoms with E-state index in [9.17, 15) is 13.2 Å². The molecule has 2 rings (SSSR count).